The molecule has 1 fully saturated rings. The van der Waals surface area contributed by atoms with Gasteiger partial charge in [0, 0.05) is 13.1 Å². The van der Waals surface area contributed by atoms with Crippen LogP contribution in [0, 0.1) is 10.6 Å². The number of hydrogen-bond acceptors (Lipinski definition) is 4. The monoisotopic (exact) mass is 203 g/mol. The summed E-state index contributed by atoms with van der Waals surface area (Å²) >= 11 is 0. The summed E-state index contributed by atoms with van der Waals surface area (Å²) in [5, 5.41) is 13.1. The Labute approximate surface area is 85.5 Å². The van der Waals surface area contributed by atoms with E-state index in [1.807, 2.05) is 0 Å². The third kappa shape index (κ3) is 4.34. The Morgan fingerprint density at radius 2 is 1.93 bits per heavy atom. The first-order valence-corrected chi connectivity index (χ1v) is 5.16. The van der Waals surface area contributed by atoms with Crippen LogP contribution >= 0.6 is 0 Å². The highest BCUT2D eigenvalue weighted by Gasteiger charge is 2.18. The zero-order valence-corrected chi connectivity index (χ0v) is 9.30. The first-order chi connectivity index (χ1) is 6.49. The van der Waals surface area contributed by atoms with Crippen LogP contribution in [0.15, 0.2) is 0 Å². The SMILES string of the molecule is CC(C)(C)CON[NH+]([O-])N1CCCC1. The van der Waals surface area contributed by atoms with Gasteiger partial charge in [-0.25, -0.2) is 0 Å². The van der Waals surface area contributed by atoms with Crippen LogP contribution < -0.4 is 10.9 Å². The third-order valence-electron chi connectivity index (χ3n) is 2.06. The fourth-order valence-corrected chi connectivity index (χ4v) is 1.30. The quantitative estimate of drug-likeness (QED) is 0.625. The fourth-order valence-electron chi connectivity index (χ4n) is 1.30. The fraction of sp³-hybridized carbons (Fsp3) is 1.00. The van der Waals surface area contributed by atoms with Crippen molar-refractivity contribution in [2.45, 2.75) is 33.6 Å². The van der Waals surface area contributed by atoms with Crippen molar-refractivity contribution in [1.29, 1.82) is 0 Å². The lowest BCUT2D eigenvalue weighted by Gasteiger charge is -2.29. The van der Waals surface area contributed by atoms with Crippen molar-refractivity contribution >= 4 is 0 Å². The molecule has 1 aliphatic heterocycles. The molecule has 0 aromatic heterocycles. The van der Waals surface area contributed by atoms with Gasteiger partial charge in [0.15, 0.2) is 0 Å². The molecule has 1 saturated heterocycles. The van der Waals surface area contributed by atoms with Gasteiger partial charge < -0.3 is 5.21 Å². The Morgan fingerprint density at radius 1 is 1.36 bits per heavy atom. The zero-order valence-electron chi connectivity index (χ0n) is 9.30. The van der Waals surface area contributed by atoms with E-state index >= 15 is 0 Å². The van der Waals surface area contributed by atoms with Crippen molar-refractivity contribution in [3.8, 4) is 0 Å². The Morgan fingerprint density at radius 3 is 2.43 bits per heavy atom. The van der Waals surface area contributed by atoms with E-state index in [1.54, 1.807) is 5.01 Å². The summed E-state index contributed by atoms with van der Waals surface area (Å²) in [5.74, 6) is 0. The molecule has 0 aliphatic carbocycles. The normalized spacial score (nSPS) is 21.4. The second kappa shape index (κ2) is 5.04. The molecule has 14 heavy (non-hydrogen) atoms. The maximum absolute atomic E-state index is 11.4. The summed E-state index contributed by atoms with van der Waals surface area (Å²) in [6, 6.07) is 0. The summed E-state index contributed by atoms with van der Waals surface area (Å²) in [4.78, 5) is 5.13. The van der Waals surface area contributed by atoms with Crippen LogP contribution in [0.25, 0.3) is 0 Å². The lowest BCUT2D eigenvalue weighted by Crippen LogP contribution is -3.19. The Balaban J connectivity index is 2.11. The van der Waals surface area contributed by atoms with Crippen LogP contribution in [-0.4, -0.2) is 24.7 Å². The average molecular weight is 203 g/mol. The van der Waals surface area contributed by atoms with Crippen molar-refractivity contribution in [3.63, 3.8) is 0 Å². The summed E-state index contributed by atoms with van der Waals surface area (Å²) in [6.45, 7) is 8.43. The molecule has 1 unspecified atom stereocenters. The Bertz CT molecular complexity index is 164. The van der Waals surface area contributed by atoms with E-state index in [2.05, 4.69) is 26.4 Å². The van der Waals surface area contributed by atoms with Gasteiger partial charge in [-0.15, -0.1) is 5.01 Å². The van der Waals surface area contributed by atoms with E-state index < -0.39 is 0 Å². The second-order valence-corrected chi connectivity index (χ2v) is 4.95. The first-order valence-electron chi connectivity index (χ1n) is 5.16. The van der Waals surface area contributed by atoms with Crippen molar-refractivity contribution in [1.82, 2.24) is 10.6 Å². The minimum absolute atomic E-state index is 0.0816. The van der Waals surface area contributed by atoms with Gasteiger partial charge in [0.2, 0.25) is 0 Å². The summed E-state index contributed by atoms with van der Waals surface area (Å²) in [7, 11) is 0. The summed E-state index contributed by atoms with van der Waals surface area (Å²) < 4.78 is 0. The Hall–Kier alpha value is -0.200. The van der Waals surface area contributed by atoms with Gasteiger partial charge in [0.05, 0.1) is 6.61 Å². The standard InChI is InChI=1S/C9H21N3O2/c1-9(2,3)8-14-10-12(13)11-6-4-5-7-11/h10,12H,4-8H2,1-3H3. The number of nitrogens with one attached hydrogen (secondary N) is 2. The Kier molecular flexibility index (Phi) is 4.28. The van der Waals surface area contributed by atoms with E-state index in [4.69, 9.17) is 4.84 Å². The number of hydrogen-bond donors (Lipinski definition) is 2. The summed E-state index contributed by atoms with van der Waals surface area (Å²) in [5.41, 5.74) is 2.55. The van der Waals surface area contributed by atoms with Gasteiger partial charge in [-0.2, -0.15) is 5.28 Å². The smallest absolute Gasteiger partial charge is 0.0785 e. The molecule has 0 saturated carbocycles. The van der Waals surface area contributed by atoms with Gasteiger partial charge in [0.1, 0.15) is 0 Å². The van der Waals surface area contributed by atoms with Crippen LogP contribution in [0.4, 0.5) is 0 Å². The molecule has 2 N–H and O–H groups in total. The molecule has 5 nitrogen and oxygen atoms in total. The molecule has 1 heterocycles. The second-order valence-electron chi connectivity index (χ2n) is 4.95. The first kappa shape index (κ1) is 11.9. The van der Waals surface area contributed by atoms with E-state index in [1.165, 1.54) is 0 Å². The van der Waals surface area contributed by atoms with Gasteiger partial charge >= 0.3 is 0 Å². The highest BCUT2D eigenvalue weighted by Crippen LogP contribution is 2.11. The van der Waals surface area contributed by atoms with E-state index in [-0.39, 0.29) is 10.7 Å². The van der Waals surface area contributed by atoms with Gasteiger partial charge in [0.25, 0.3) is 0 Å². The van der Waals surface area contributed by atoms with Gasteiger partial charge in [-0.05, 0) is 23.8 Å². The van der Waals surface area contributed by atoms with Crippen LogP contribution in [0.5, 0.6) is 0 Å². The molecule has 0 aromatic rings. The molecule has 5 heteroatoms. The average Bonchev–Trinajstić information content (AvgIpc) is 2.53. The van der Waals surface area contributed by atoms with E-state index in [0.717, 1.165) is 25.9 Å². The zero-order chi connectivity index (χ0) is 10.6. The molecule has 0 bridgehead atoms. The molecular formula is C9H21N3O2. The summed E-state index contributed by atoms with van der Waals surface area (Å²) in [6.07, 6.45) is 2.21. The van der Waals surface area contributed by atoms with E-state index in [9.17, 15) is 5.21 Å². The molecular weight excluding hydrogens is 182 g/mol. The van der Waals surface area contributed by atoms with E-state index in [0.29, 0.717) is 6.61 Å². The molecule has 84 valence electrons. The van der Waals surface area contributed by atoms with Crippen molar-refractivity contribution in [3.05, 3.63) is 5.21 Å². The van der Waals surface area contributed by atoms with Crippen LogP contribution in [0.2, 0.25) is 0 Å². The van der Waals surface area contributed by atoms with Crippen LogP contribution in [0.3, 0.4) is 0 Å². The maximum Gasteiger partial charge on any atom is 0.0785 e. The van der Waals surface area contributed by atoms with Crippen molar-refractivity contribution in [2.24, 2.45) is 5.41 Å². The highest BCUT2D eigenvalue weighted by atomic mass is 16.8. The predicted molar refractivity (Wildman–Crippen MR) is 53.7 cm³/mol. The van der Waals surface area contributed by atoms with Crippen molar-refractivity contribution < 1.29 is 10.1 Å². The minimum atomic E-state index is -0.105. The molecule has 1 atom stereocenters. The van der Waals surface area contributed by atoms with Crippen LogP contribution in [-0.2, 0) is 4.84 Å². The maximum atomic E-state index is 11.4. The van der Waals surface area contributed by atoms with Crippen LogP contribution in [0.1, 0.15) is 33.6 Å². The lowest BCUT2D eigenvalue weighted by atomic mass is 9.99. The molecule has 1 aliphatic rings. The molecule has 0 spiro atoms. The predicted octanol–water partition coefficient (Wildman–Crippen LogP) is -0.138. The highest BCUT2D eigenvalue weighted by molar-refractivity contribution is 4.57. The lowest BCUT2D eigenvalue weighted by molar-refractivity contribution is -1.03. The minimum Gasteiger partial charge on any atom is -0.591 e. The molecule has 1 rings (SSSR count). The topological polar surface area (TPSA) is 52.0 Å². The van der Waals surface area contributed by atoms with Crippen molar-refractivity contribution in [2.75, 3.05) is 19.7 Å². The molecule has 0 amide bonds. The largest absolute Gasteiger partial charge is 0.591 e. The number of rotatable bonds is 4. The van der Waals surface area contributed by atoms with Gasteiger partial charge in [-0.1, -0.05) is 20.8 Å². The molecule has 0 aromatic carbocycles. The number of nitrogens with zero attached hydrogens (tertiary/aromatic N) is 1. The number of quaternary nitrogens is 1. The molecule has 0 radical (unpaired) electrons. The van der Waals surface area contributed by atoms with Gasteiger partial charge in [-0.3, -0.25) is 4.84 Å². The third-order valence-corrected chi connectivity index (χ3v) is 2.06.